The van der Waals surface area contributed by atoms with Crippen LogP contribution < -0.4 is 5.32 Å². The topological polar surface area (TPSA) is 100 Å². The van der Waals surface area contributed by atoms with Crippen molar-refractivity contribution in [1.29, 1.82) is 5.26 Å². The second-order valence-electron chi connectivity index (χ2n) is 5.95. The molecule has 26 heavy (non-hydrogen) atoms. The third-order valence-corrected chi connectivity index (χ3v) is 5.74. The molecule has 8 heteroatoms. The predicted molar refractivity (Wildman–Crippen MR) is 92.9 cm³/mol. The molecule has 1 aromatic heterocycles. The normalized spacial score (nSPS) is 19.1. The summed E-state index contributed by atoms with van der Waals surface area (Å²) in [7, 11) is -3.13. The number of nitrogens with one attached hydrogen (secondary N) is 1. The van der Waals surface area contributed by atoms with Gasteiger partial charge in [-0.25, -0.2) is 12.8 Å². The minimum Gasteiger partial charge on any atom is -0.457 e. The number of carbonyl (C=O) groups excluding carboxylic acids is 1. The molecule has 0 radical (unpaired) electrons. The zero-order valence-electron chi connectivity index (χ0n) is 13.6. The summed E-state index contributed by atoms with van der Waals surface area (Å²) in [6.07, 6.45) is 1.62. The number of halogens is 1. The Labute approximate surface area is 149 Å². The maximum atomic E-state index is 13.0. The van der Waals surface area contributed by atoms with Crippen molar-refractivity contribution in [2.45, 2.75) is 12.5 Å². The Morgan fingerprint density at radius 2 is 2.00 bits per heavy atom. The number of carbonyl (C=O) groups is 1. The van der Waals surface area contributed by atoms with E-state index in [0.29, 0.717) is 17.7 Å². The van der Waals surface area contributed by atoms with Gasteiger partial charge in [0.2, 0.25) is 0 Å². The van der Waals surface area contributed by atoms with Gasteiger partial charge in [-0.15, -0.1) is 0 Å². The number of nitriles is 1. The molecule has 134 valence electrons. The van der Waals surface area contributed by atoms with Crippen LogP contribution in [0.1, 0.15) is 12.2 Å². The first kappa shape index (κ1) is 17.9. The van der Waals surface area contributed by atoms with Crippen molar-refractivity contribution >= 4 is 21.8 Å². The molecule has 0 unspecified atom stereocenters. The smallest absolute Gasteiger partial charge is 0.262 e. The summed E-state index contributed by atoms with van der Waals surface area (Å²) in [5, 5.41) is 11.8. The van der Waals surface area contributed by atoms with Crippen LogP contribution in [-0.2, 0) is 14.6 Å². The summed E-state index contributed by atoms with van der Waals surface area (Å²) in [5.74, 6) is -0.339. The molecule has 0 saturated carbocycles. The molecule has 2 heterocycles. The number of hydrogen-bond acceptors (Lipinski definition) is 5. The second-order valence-corrected chi connectivity index (χ2v) is 8.18. The summed E-state index contributed by atoms with van der Waals surface area (Å²) < 4.78 is 41.4. The maximum absolute atomic E-state index is 13.0. The first-order valence-corrected chi connectivity index (χ1v) is 9.67. The molecule has 1 atom stereocenters. The molecule has 0 aliphatic carbocycles. The summed E-state index contributed by atoms with van der Waals surface area (Å²) in [4.78, 5) is 12.2. The zero-order chi connectivity index (χ0) is 18.7. The molecular weight excluding hydrogens is 359 g/mol. The zero-order valence-corrected chi connectivity index (χ0v) is 14.4. The molecular formula is C18H15FN2O4S. The van der Waals surface area contributed by atoms with Crippen LogP contribution in [0.5, 0.6) is 0 Å². The Bertz CT molecular complexity index is 1000. The van der Waals surface area contributed by atoms with Crippen LogP contribution in [-0.4, -0.2) is 31.9 Å². The van der Waals surface area contributed by atoms with Crippen molar-refractivity contribution in [3.05, 3.63) is 53.5 Å². The van der Waals surface area contributed by atoms with Gasteiger partial charge >= 0.3 is 0 Å². The fraction of sp³-hybridized carbons (Fsp3) is 0.222. The summed E-state index contributed by atoms with van der Waals surface area (Å²) >= 11 is 0. The highest BCUT2D eigenvalue weighted by atomic mass is 32.2. The second kappa shape index (κ2) is 7.14. The number of hydrogen-bond donors (Lipinski definition) is 1. The number of sulfone groups is 1. The molecule has 3 rings (SSSR count). The SMILES string of the molecule is N#C/C(=C/c1ccc(-c2ccc(F)cc2)o1)C(=O)N[C@H]1CCS(=O)(=O)C1. The van der Waals surface area contributed by atoms with Gasteiger partial charge in [0, 0.05) is 17.7 Å². The molecule has 0 bridgehead atoms. The highest BCUT2D eigenvalue weighted by Gasteiger charge is 2.29. The van der Waals surface area contributed by atoms with Gasteiger partial charge in [0.25, 0.3) is 5.91 Å². The van der Waals surface area contributed by atoms with Gasteiger partial charge in [-0.3, -0.25) is 4.79 Å². The Morgan fingerprint density at radius 1 is 1.27 bits per heavy atom. The van der Waals surface area contributed by atoms with Gasteiger partial charge in [-0.1, -0.05) is 0 Å². The standard InChI is InChI=1S/C18H15FN2O4S/c19-14-3-1-12(2-4-14)17-6-5-16(25-17)9-13(10-20)18(22)21-15-7-8-26(23,24)11-15/h1-6,9,15H,7-8,11H2,(H,21,22)/b13-9-/t15-/m0/s1. The lowest BCUT2D eigenvalue weighted by molar-refractivity contribution is -0.117. The summed E-state index contributed by atoms with van der Waals surface area (Å²) in [5.41, 5.74) is 0.472. The van der Waals surface area contributed by atoms with Crippen LogP contribution in [0, 0.1) is 17.1 Å². The van der Waals surface area contributed by atoms with E-state index >= 15 is 0 Å². The van der Waals surface area contributed by atoms with Crippen LogP contribution in [0.4, 0.5) is 4.39 Å². The lowest BCUT2D eigenvalue weighted by Crippen LogP contribution is -2.36. The molecule has 1 amide bonds. The maximum Gasteiger partial charge on any atom is 0.262 e. The number of amides is 1. The average Bonchev–Trinajstić information content (AvgIpc) is 3.19. The van der Waals surface area contributed by atoms with E-state index in [4.69, 9.17) is 4.42 Å². The number of furan rings is 1. The van der Waals surface area contributed by atoms with Crippen LogP contribution >= 0.6 is 0 Å². The van der Waals surface area contributed by atoms with Crippen LogP contribution in [0.15, 0.2) is 46.4 Å². The van der Waals surface area contributed by atoms with Crippen molar-refractivity contribution in [3.63, 3.8) is 0 Å². The van der Waals surface area contributed by atoms with Crippen molar-refractivity contribution in [1.82, 2.24) is 5.32 Å². The summed E-state index contributed by atoms with van der Waals surface area (Å²) in [6, 6.07) is 10.3. The van der Waals surface area contributed by atoms with Crippen molar-refractivity contribution in [3.8, 4) is 17.4 Å². The van der Waals surface area contributed by atoms with Gasteiger partial charge in [-0.2, -0.15) is 5.26 Å². The third-order valence-electron chi connectivity index (χ3n) is 3.97. The van der Waals surface area contributed by atoms with E-state index < -0.39 is 21.8 Å². The molecule has 1 aliphatic rings. The molecule has 6 nitrogen and oxygen atoms in total. The Kier molecular flexibility index (Phi) is 4.91. The molecule has 0 spiro atoms. The van der Waals surface area contributed by atoms with Gasteiger partial charge in [0.05, 0.1) is 11.5 Å². The highest BCUT2D eigenvalue weighted by molar-refractivity contribution is 7.91. The Morgan fingerprint density at radius 3 is 2.62 bits per heavy atom. The Hall–Kier alpha value is -2.92. The quantitative estimate of drug-likeness (QED) is 0.654. The molecule has 1 saturated heterocycles. The predicted octanol–water partition coefficient (Wildman–Crippen LogP) is 2.30. The first-order valence-electron chi connectivity index (χ1n) is 7.85. The van der Waals surface area contributed by atoms with E-state index in [-0.39, 0.29) is 28.7 Å². The number of rotatable bonds is 4. The van der Waals surface area contributed by atoms with E-state index in [1.807, 2.05) is 0 Å². The lowest BCUT2D eigenvalue weighted by atomic mass is 10.2. The largest absolute Gasteiger partial charge is 0.457 e. The van der Waals surface area contributed by atoms with E-state index in [0.717, 1.165) is 0 Å². The van der Waals surface area contributed by atoms with Crippen LogP contribution in [0.25, 0.3) is 17.4 Å². The van der Waals surface area contributed by atoms with Crippen molar-refractivity contribution < 1.29 is 22.0 Å². The number of benzene rings is 1. The van der Waals surface area contributed by atoms with Gasteiger partial charge in [0.15, 0.2) is 9.84 Å². The third kappa shape index (κ3) is 4.18. The molecule has 1 aliphatic heterocycles. The summed E-state index contributed by atoms with van der Waals surface area (Å²) in [6.45, 7) is 0. The van der Waals surface area contributed by atoms with Crippen LogP contribution in [0.2, 0.25) is 0 Å². The van der Waals surface area contributed by atoms with Crippen molar-refractivity contribution in [2.24, 2.45) is 0 Å². The van der Waals surface area contributed by atoms with Gasteiger partial charge < -0.3 is 9.73 Å². The lowest BCUT2D eigenvalue weighted by Gasteiger charge is -2.09. The van der Waals surface area contributed by atoms with E-state index in [1.54, 1.807) is 30.3 Å². The van der Waals surface area contributed by atoms with Crippen LogP contribution in [0.3, 0.4) is 0 Å². The fourth-order valence-corrected chi connectivity index (χ4v) is 4.34. The average molecular weight is 374 g/mol. The highest BCUT2D eigenvalue weighted by Crippen LogP contribution is 2.23. The Balaban J connectivity index is 1.74. The molecule has 1 aromatic carbocycles. The van der Waals surface area contributed by atoms with Gasteiger partial charge in [0.1, 0.15) is 29.0 Å². The minimum atomic E-state index is -3.13. The monoisotopic (exact) mass is 374 g/mol. The first-order chi connectivity index (χ1) is 12.4. The van der Waals surface area contributed by atoms with Gasteiger partial charge in [-0.05, 0) is 42.8 Å². The van der Waals surface area contributed by atoms with E-state index in [9.17, 15) is 22.9 Å². The molecule has 1 fully saturated rings. The molecule has 2 aromatic rings. The number of nitrogens with zero attached hydrogens (tertiary/aromatic N) is 1. The fourth-order valence-electron chi connectivity index (χ4n) is 2.66. The van der Waals surface area contributed by atoms with E-state index in [1.165, 1.54) is 18.2 Å². The molecule has 1 N–H and O–H groups in total. The van der Waals surface area contributed by atoms with E-state index in [2.05, 4.69) is 5.32 Å². The van der Waals surface area contributed by atoms with Crippen molar-refractivity contribution in [2.75, 3.05) is 11.5 Å². The minimum absolute atomic E-state index is 0.0305.